The first-order chi connectivity index (χ1) is 13.2. The van der Waals surface area contributed by atoms with E-state index in [1.165, 1.54) is 15.7 Å². The van der Waals surface area contributed by atoms with Gasteiger partial charge >= 0.3 is 0 Å². The van der Waals surface area contributed by atoms with Crippen LogP contribution in [0, 0.1) is 6.92 Å². The van der Waals surface area contributed by atoms with Crippen LogP contribution in [0.1, 0.15) is 34.1 Å². The van der Waals surface area contributed by atoms with Gasteiger partial charge in [-0.2, -0.15) is 10.1 Å². The van der Waals surface area contributed by atoms with Crippen molar-refractivity contribution in [1.82, 2.24) is 24.5 Å². The first kappa shape index (κ1) is 19.4. The van der Waals surface area contributed by atoms with Gasteiger partial charge in [-0.3, -0.25) is 4.79 Å². The van der Waals surface area contributed by atoms with Crippen LogP contribution in [0.3, 0.4) is 0 Å². The average molecular weight is 515 g/mol. The number of hydrogen-bond acceptors (Lipinski definition) is 4. The molecule has 10 heteroatoms. The molecule has 0 bridgehead atoms. The number of nitrogens with zero attached hydrogens (tertiary/aromatic N) is 5. The molecule has 28 heavy (non-hydrogen) atoms. The number of aromatic nitrogens is 4. The number of fused-ring (bicyclic) bond motifs is 1. The summed E-state index contributed by atoms with van der Waals surface area (Å²) in [5.41, 5.74) is 1.58. The molecular formula is C18H15Br2F2N5O. The third-order valence-corrected chi connectivity index (χ3v) is 5.55. The van der Waals surface area contributed by atoms with Crippen LogP contribution in [0.2, 0.25) is 0 Å². The molecule has 1 aliphatic heterocycles. The van der Waals surface area contributed by atoms with Gasteiger partial charge in [-0.15, -0.1) is 0 Å². The van der Waals surface area contributed by atoms with Gasteiger partial charge < -0.3 is 4.90 Å². The minimum absolute atomic E-state index is 0.164. The highest BCUT2D eigenvalue weighted by Crippen LogP contribution is 2.37. The second-order valence-electron chi connectivity index (χ2n) is 6.90. The molecule has 0 spiro atoms. The van der Waals surface area contributed by atoms with Crippen LogP contribution in [0.25, 0.3) is 5.78 Å². The minimum Gasteiger partial charge on any atom is -0.332 e. The summed E-state index contributed by atoms with van der Waals surface area (Å²) in [4.78, 5) is 22.5. The molecule has 146 valence electrons. The van der Waals surface area contributed by atoms with Crippen molar-refractivity contribution in [2.24, 2.45) is 0 Å². The minimum atomic E-state index is -3.01. The van der Waals surface area contributed by atoms with Crippen LogP contribution < -0.4 is 0 Å². The Bertz CT molecular complexity index is 1050. The maximum absolute atomic E-state index is 14.6. The van der Waals surface area contributed by atoms with Gasteiger partial charge in [0.2, 0.25) is 0 Å². The van der Waals surface area contributed by atoms with Crippen LogP contribution in [0.4, 0.5) is 8.78 Å². The summed E-state index contributed by atoms with van der Waals surface area (Å²) in [6.45, 7) is 1.33. The first-order valence-electron chi connectivity index (χ1n) is 8.52. The normalized spacial score (nSPS) is 19.2. The van der Waals surface area contributed by atoms with Crippen molar-refractivity contribution in [3.8, 4) is 0 Å². The van der Waals surface area contributed by atoms with Crippen molar-refractivity contribution in [2.45, 2.75) is 25.2 Å². The second-order valence-corrected chi connectivity index (χ2v) is 8.73. The molecule has 1 aliphatic rings. The van der Waals surface area contributed by atoms with E-state index in [9.17, 15) is 13.6 Å². The summed E-state index contributed by atoms with van der Waals surface area (Å²) >= 11 is 6.67. The number of carbonyl (C=O) groups is 1. The fourth-order valence-corrected chi connectivity index (χ4v) is 4.86. The number of benzene rings is 1. The van der Waals surface area contributed by atoms with Crippen molar-refractivity contribution in [3.05, 3.63) is 56.5 Å². The van der Waals surface area contributed by atoms with Crippen LogP contribution in [-0.4, -0.2) is 49.4 Å². The van der Waals surface area contributed by atoms with Crippen LogP contribution in [0.15, 0.2) is 39.5 Å². The number of amides is 1. The molecule has 1 saturated heterocycles. The van der Waals surface area contributed by atoms with Crippen LogP contribution in [-0.2, 0) is 0 Å². The van der Waals surface area contributed by atoms with Gasteiger partial charge in [-0.25, -0.2) is 18.3 Å². The first-order valence-corrected chi connectivity index (χ1v) is 10.1. The lowest BCUT2D eigenvalue weighted by atomic mass is 9.91. The van der Waals surface area contributed by atoms with Gasteiger partial charge in [0.15, 0.2) is 0 Å². The van der Waals surface area contributed by atoms with Crippen LogP contribution >= 0.6 is 31.9 Å². The van der Waals surface area contributed by atoms with Crippen molar-refractivity contribution in [1.29, 1.82) is 0 Å². The number of rotatable bonds is 2. The van der Waals surface area contributed by atoms with Gasteiger partial charge in [-0.1, -0.05) is 31.9 Å². The fraction of sp³-hybridized carbons (Fsp3) is 0.333. The van der Waals surface area contributed by atoms with Crippen molar-refractivity contribution in [3.63, 3.8) is 0 Å². The van der Waals surface area contributed by atoms with Gasteiger partial charge in [-0.05, 0) is 31.2 Å². The van der Waals surface area contributed by atoms with Crippen molar-refractivity contribution in [2.75, 3.05) is 13.1 Å². The van der Waals surface area contributed by atoms with E-state index in [0.717, 1.165) is 0 Å². The van der Waals surface area contributed by atoms with E-state index in [1.54, 1.807) is 31.2 Å². The molecule has 0 aliphatic carbocycles. The number of carbonyl (C=O) groups excluding carboxylic acids is 1. The quantitative estimate of drug-likeness (QED) is 0.513. The Morgan fingerprint density at radius 3 is 2.64 bits per heavy atom. The van der Waals surface area contributed by atoms with Gasteiger partial charge in [0.1, 0.15) is 6.33 Å². The molecule has 0 saturated carbocycles. The zero-order valence-corrected chi connectivity index (χ0v) is 17.9. The van der Waals surface area contributed by atoms with Crippen molar-refractivity contribution < 1.29 is 13.6 Å². The molecule has 1 amide bonds. The lowest BCUT2D eigenvalue weighted by Gasteiger charge is -2.37. The molecule has 1 unspecified atom stereocenters. The lowest BCUT2D eigenvalue weighted by molar-refractivity contribution is -0.0641. The van der Waals surface area contributed by atoms with E-state index in [4.69, 9.17) is 0 Å². The predicted molar refractivity (Wildman–Crippen MR) is 106 cm³/mol. The van der Waals surface area contributed by atoms with E-state index in [2.05, 4.69) is 46.9 Å². The van der Waals surface area contributed by atoms with Gasteiger partial charge in [0.25, 0.3) is 17.6 Å². The molecule has 2 aromatic heterocycles. The number of halogens is 4. The van der Waals surface area contributed by atoms with Crippen LogP contribution in [0.5, 0.6) is 0 Å². The molecule has 1 atom stereocenters. The van der Waals surface area contributed by atoms with E-state index in [0.29, 0.717) is 31.7 Å². The van der Waals surface area contributed by atoms with E-state index >= 15 is 0 Å². The second kappa shape index (κ2) is 7.14. The number of hydrogen-bond donors (Lipinski definition) is 0. The van der Waals surface area contributed by atoms with Crippen molar-refractivity contribution >= 4 is 43.5 Å². The summed E-state index contributed by atoms with van der Waals surface area (Å²) in [6, 6.07) is 6.76. The number of piperidine rings is 1. The zero-order chi connectivity index (χ0) is 20.1. The molecule has 0 radical (unpaired) electrons. The predicted octanol–water partition coefficient (Wildman–Crippen LogP) is 4.22. The molecular weight excluding hydrogens is 500 g/mol. The lowest BCUT2D eigenvalue weighted by Crippen LogP contribution is -2.49. The highest BCUT2D eigenvalue weighted by atomic mass is 79.9. The molecule has 6 nitrogen and oxygen atoms in total. The maximum atomic E-state index is 14.6. The molecule has 4 rings (SSSR count). The maximum Gasteiger partial charge on any atom is 0.266 e. The number of alkyl halides is 2. The Morgan fingerprint density at radius 2 is 1.93 bits per heavy atom. The summed E-state index contributed by atoms with van der Waals surface area (Å²) in [7, 11) is 0. The summed E-state index contributed by atoms with van der Waals surface area (Å²) in [5.74, 6) is -3.68. The Kier molecular flexibility index (Phi) is 4.95. The van der Waals surface area contributed by atoms with E-state index < -0.39 is 24.3 Å². The monoisotopic (exact) mass is 513 g/mol. The highest BCUT2D eigenvalue weighted by Gasteiger charge is 2.43. The average Bonchev–Trinajstić information content (AvgIpc) is 3.06. The molecule has 0 N–H and O–H groups in total. The van der Waals surface area contributed by atoms with Gasteiger partial charge in [0, 0.05) is 39.1 Å². The Morgan fingerprint density at radius 1 is 1.21 bits per heavy atom. The standard InChI is InChI=1S/C18H15Br2F2N5O/c1-10-2-15(27-17(25-10)23-9-24-27)12-6-18(21,22)8-26(7-12)16(28)11-3-13(19)5-14(20)4-11/h2-5,9,12H,6-8H2,1H3. The third-order valence-electron chi connectivity index (χ3n) is 4.63. The molecule has 1 fully saturated rings. The largest absolute Gasteiger partial charge is 0.332 e. The molecule has 3 aromatic rings. The molecule has 1 aromatic carbocycles. The summed E-state index contributed by atoms with van der Waals surface area (Å²) < 4.78 is 32.0. The van der Waals surface area contributed by atoms with E-state index in [-0.39, 0.29) is 13.0 Å². The summed E-state index contributed by atoms with van der Waals surface area (Å²) in [5, 5.41) is 4.12. The highest BCUT2D eigenvalue weighted by molar-refractivity contribution is 9.11. The van der Waals surface area contributed by atoms with E-state index in [1.807, 2.05) is 0 Å². The zero-order valence-electron chi connectivity index (χ0n) is 14.7. The number of likely N-dealkylation sites (tertiary alicyclic amines) is 1. The molecule has 3 heterocycles. The SMILES string of the molecule is Cc1cc(C2CN(C(=O)c3cc(Br)cc(Br)c3)CC(F)(F)C2)n2ncnc2n1. The summed E-state index contributed by atoms with van der Waals surface area (Å²) in [6.07, 6.45) is 0.978. The third kappa shape index (κ3) is 3.80. The smallest absolute Gasteiger partial charge is 0.266 e. The Labute approximate surface area is 176 Å². The topological polar surface area (TPSA) is 63.4 Å². The Hall–Kier alpha value is -1.94. The fourth-order valence-electron chi connectivity index (χ4n) is 3.56. The van der Waals surface area contributed by atoms with Gasteiger partial charge in [0.05, 0.1) is 12.2 Å². The Balaban J connectivity index is 1.71. The number of aryl methyl sites for hydroxylation is 1.